The van der Waals surface area contributed by atoms with Crippen LogP contribution in [0.25, 0.3) is 67.5 Å². The van der Waals surface area contributed by atoms with E-state index in [4.69, 9.17) is 15.0 Å². The highest BCUT2D eigenvalue weighted by molar-refractivity contribution is 7.70. The molecule has 5 heteroatoms. The maximum Gasteiger partial charge on any atom is 0.164 e. The van der Waals surface area contributed by atoms with Gasteiger partial charge in [0.25, 0.3) is 0 Å². The molecule has 0 aliphatic heterocycles. The molecule has 304 valence electrons. The van der Waals surface area contributed by atoms with E-state index >= 15 is 0 Å². The molecule has 0 unspecified atom stereocenters. The lowest BCUT2D eigenvalue weighted by molar-refractivity contribution is -0.0418. The summed E-state index contributed by atoms with van der Waals surface area (Å²) in [6.45, 7) is 3.70. The van der Waals surface area contributed by atoms with Gasteiger partial charge in [-0.25, -0.2) is 15.0 Å². The Kier molecular flexibility index (Phi) is 9.73. The first-order chi connectivity index (χ1) is 30.3. The van der Waals surface area contributed by atoms with Gasteiger partial charge in [-0.1, -0.05) is 176 Å². The number of hydrogen-bond acceptors (Lipinski definition) is 4. The van der Waals surface area contributed by atoms with Gasteiger partial charge in [0.1, 0.15) is 7.14 Å². The highest BCUT2D eigenvalue weighted by atomic mass is 31.2. The van der Waals surface area contributed by atoms with Crippen LogP contribution in [0.4, 0.5) is 0 Å². The van der Waals surface area contributed by atoms with Crippen molar-refractivity contribution in [1.82, 2.24) is 15.0 Å². The minimum atomic E-state index is -2.36. The fourth-order valence-electron chi connectivity index (χ4n) is 11.6. The van der Waals surface area contributed by atoms with Crippen LogP contribution in [-0.4, -0.2) is 28.3 Å². The van der Waals surface area contributed by atoms with Gasteiger partial charge in [-0.3, -0.25) is 0 Å². The molecule has 0 N–H and O–H groups in total. The molecule has 4 nitrogen and oxygen atoms in total. The molecule has 0 saturated heterocycles. The summed E-state index contributed by atoms with van der Waals surface area (Å²) in [5.41, 5.74) is 12.7. The smallest absolute Gasteiger partial charge is 0.164 e. The van der Waals surface area contributed by atoms with Crippen LogP contribution >= 0.6 is 7.14 Å². The van der Waals surface area contributed by atoms with Gasteiger partial charge in [0.2, 0.25) is 0 Å². The van der Waals surface area contributed by atoms with Crippen LogP contribution in [0.2, 0.25) is 0 Å². The summed E-state index contributed by atoms with van der Waals surface area (Å²) in [6.07, 6.45) is 6.61. The number of nitrogens with zero attached hydrogens (tertiary/aromatic N) is 3. The molecule has 0 amide bonds. The van der Waals surface area contributed by atoms with Crippen molar-refractivity contribution in [1.29, 1.82) is 0 Å². The molecule has 1 aromatic heterocycles. The lowest BCUT2D eigenvalue weighted by Crippen LogP contribution is -2.56. The van der Waals surface area contributed by atoms with Crippen LogP contribution in [0.1, 0.15) is 43.2 Å². The molecule has 4 aliphatic rings. The van der Waals surface area contributed by atoms with Gasteiger partial charge in [0.05, 0.1) is 0 Å². The van der Waals surface area contributed by atoms with Gasteiger partial charge in [-0.05, 0) is 120 Å². The Hall–Kier alpha value is -6.22. The zero-order valence-electron chi connectivity index (χ0n) is 35.4. The average Bonchev–Trinajstić information content (AvgIpc) is 3.32. The molecule has 7 aromatic carbocycles. The zero-order chi connectivity index (χ0) is 41.8. The van der Waals surface area contributed by atoms with Crippen molar-refractivity contribution in [3.63, 3.8) is 0 Å². The summed E-state index contributed by atoms with van der Waals surface area (Å²) in [6, 6.07) is 65.0. The van der Waals surface area contributed by atoms with E-state index in [1.54, 1.807) is 0 Å². The van der Waals surface area contributed by atoms with E-state index in [2.05, 4.69) is 152 Å². The molecule has 4 aliphatic carbocycles. The first kappa shape index (κ1) is 38.7. The monoisotopic (exact) mass is 823 g/mol. The molecule has 12 rings (SSSR count). The van der Waals surface area contributed by atoms with Gasteiger partial charge in [-0.15, -0.1) is 0 Å². The number of aromatic nitrogens is 3. The standard InChI is InChI=1S/C57H50N3OP/c1-62(2,61)51-17-11-16-46(37-51)40-24-28-47(29-25-40)57(49-33-38-32-39(35-49)36-50(57)34-38)48-30-26-45(27-31-48)56-59-54(43-14-7-4-8-15-43)58-55(60-56)44-22-20-42(21-23-44)53-19-10-9-18-52(53)41-12-5-3-6-13-41/h3-31,37-39,49-50H,32-36H2,1-2H3. The van der Waals surface area contributed by atoms with Crippen molar-refractivity contribution in [2.24, 2.45) is 23.7 Å². The van der Waals surface area contributed by atoms with Crippen molar-refractivity contribution in [2.75, 3.05) is 13.3 Å². The lowest BCUT2D eigenvalue weighted by Gasteiger charge is -2.62. The van der Waals surface area contributed by atoms with Crippen LogP contribution in [0.3, 0.4) is 0 Å². The third-order valence-corrected chi connectivity index (χ3v) is 15.9. The second-order valence-electron chi connectivity index (χ2n) is 18.4. The summed E-state index contributed by atoms with van der Waals surface area (Å²) in [4.78, 5) is 15.4. The summed E-state index contributed by atoms with van der Waals surface area (Å²) < 4.78 is 13.0. The van der Waals surface area contributed by atoms with E-state index < -0.39 is 7.14 Å². The van der Waals surface area contributed by atoms with Crippen molar-refractivity contribution in [2.45, 2.75) is 37.5 Å². The molecule has 62 heavy (non-hydrogen) atoms. The van der Waals surface area contributed by atoms with Crippen LogP contribution in [0, 0.1) is 23.7 Å². The topological polar surface area (TPSA) is 55.7 Å². The van der Waals surface area contributed by atoms with Crippen LogP contribution in [0.15, 0.2) is 182 Å². The molecular weight excluding hydrogens is 774 g/mol. The molecule has 0 spiro atoms. The van der Waals surface area contributed by atoms with Crippen LogP contribution < -0.4 is 5.30 Å². The minimum Gasteiger partial charge on any atom is -0.319 e. The maximum atomic E-state index is 13.0. The lowest BCUT2D eigenvalue weighted by atomic mass is 9.42. The molecular formula is C57H50N3OP. The van der Waals surface area contributed by atoms with Crippen molar-refractivity contribution < 1.29 is 4.57 Å². The predicted octanol–water partition coefficient (Wildman–Crippen LogP) is 13.9. The summed E-state index contributed by atoms with van der Waals surface area (Å²) in [5.74, 6) is 4.91. The SMILES string of the molecule is CP(C)(=O)c1cccc(-c2ccc(C3(c4ccc(-c5nc(-c6ccccc6)nc(-c6ccc(-c7ccccc7-c7ccccc7)cc6)n5)cc4)C4CC5CC(C4)CC3C5)cc2)c1. The molecule has 4 bridgehead atoms. The van der Waals surface area contributed by atoms with Crippen molar-refractivity contribution in [3.05, 3.63) is 193 Å². The van der Waals surface area contributed by atoms with Gasteiger partial charge >= 0.3 is 0 Å². The van der Waals surface area contributed by atoms with E-state index in [0.29, 0.717) is 29.3 Å². The van der Waals surface area contributed by atoms with E-state index in [-0.39, 0.29) is 5.41 Å². The maximum absolute atomic E-state index is 13.0. The molecule has 4 fully saturated rings. The van der Waals surface area contributed by atoms with Gasteiger partial charge < -0.3 is 4.57 Å². The Bertz CT molecular complexity index is 2910. The largest absolute Gasteiger partial charge is 0.319 e. The fraction of sp³-hybridized carbons (Fsp3) is 0.211. The number of rotatable bonds is 9. The second kappa shape index (κ2) is 15.6. The Morgan fingerprint density at radius 3 is 1.29 bits per heavy atom. The summed E-state index contributed by atoms with van der Waals surface area (Å²) in [5, 5.41) is 0.927. The normalized spacial score (nSPS) is 21.5. The molecule has 1 heterocycles. The van der Waals surface area contributed by atoms with Gasteiger partial charge in [0.15, 0.2) is 17.5 Å². The summed E-state index contributed by atoms with van der Waals surface area (Å²) >= 11 is 0. The Morgan fingerprint density at radius 2 is 0.790 bits per heavy atom. The van der Waals surface area contributed by atoms with Gasteiger partial charge in [-0.2, -0.15) is 0 Å². The third kappa shape index (κ3) is 6.95. The average molecular weight is 824 g/mol. The zero-order valence-corrected chi connectivity index (χ0v) is 36.3. The van der Waals surface area contributed by atoms with Crippen LogP contribution in [-0.2, 0) is 9.98 Å². The quantitative estimate of drug-likeness (QED) is 0.136. The molecule has 0 atom stereocenters. The number of hydrogen-bond donors (Lipinski definition) is 0. The molecule has 8 aromatic rings. The van der Waals surface area contributed by atoms with E-state index in [1.807, 2.05) is 43.7 Å². The van der Waals surface area contributed by atoms with E-state index in [1.165, 1.54) is 65.5 Å². The van der Waals surface area contributed by atoms with Crippen molar-refractivity contribution >= 4 is 12.4 Å². The Morgan fingerprint density at radius 1 is 0.403 bits per heavy atom. The minimum absolute atomic E-state index is 0.0464. The third-order valence-electron chi connectivity index (χ3n) is 14.3. The Balaban J connectivity index is 0.963. The van der Waals surface area contributed by atoms with Crippen molar-refractivity contribution in [3.8, 4) is 67.5 Å². The van der Waals surface area contributed by atoms with E-state index in [0.717, 1.165) is 45.0 Å². The fourth-order valence-corrected chi connectivity index (χ4v) is 12.5. The first-order valence-corrected chi connectivity index (χ1v) is 24.8. The van der Waals surface area contributed by atoms with Crippen LogP contribution in [0.5, 0.6) is 0 Å². The highest BCUT2D eigenvalue weighted by Crippen LogP contribution is 2.65. The Labute approximate surface area is 365 Å². The first-order valence-electron chi connectivity index (χ1n) is 22.2. The summed E-state index contributed by atoms with van der Waals surface area (Å²) in [7, 11) is -2.36. The number of benzene rings is 7. The van der Waals surface area contributed by atoms with Gasteiger partial charge in [0, 0.05) is 27.4 Å². The predicted molar refractivity (Wildman–Crippen MR) is 256 cm³/mol. The molecule has 4 saturated carbocycles. The molecule has 0 radical (unpaired) electrons. The van der Waals surface area contributed by atoms with E-state index in [9.17, 15) is 4.57 Å². The second-order valence-corrected chi connectivity index (χ2v) is 21.6. The highest BCUT2D eigenvalue weighted by Gasteiger charge is 2.58.